The number of aromatic nitrogens is 5. The van der Waals surface area contributed by atoms with Crippen LogP contribution in [0.15, 0.2) is 60.9 Å². The number of hydrogen-bond acceptors (Lipinski definition) is 5. The summed E-state index contributed by atoms with van der Waals surface area (Å²) in [5.74, 6) is 0.0664. The maximum atomic E-state index is 14.2. The fourth-order valence-corrected chi connectivity index (χ4v) is 3.59. The van der Waals surface area contributed by atoms with Crippen LogP contribution in [0.4, 0.5) is 38.0 Å². The zero-order valence-corrected chi connectivity index (χ0v) is 18.8. The lowest BCUT2D eigenvalue weighted by Gasteiger charge is -2.09. The van der Waals surface area contributed by atoms with Crippen molar-refractivity contribution in [2.75, 3.05) is 5.32 Å². The van der Waals surface area contributed by atoms with E-state index >= 15 is 0 Å². The SMILES string of the molecule is Cn1c(Nc2cc(C(F)F)ccc2F)nc2cc(Oc3ccnc(-c4ncc(C(F)(F)F)[nH]4)c3)ccc21. The quantitative estimate of drug-likeness (QED) is 0.237. The van der Waals surface area contributed by atoms with Crippen molar-refractivity contribution < 1.29 is 31.1 Å². The Kier molecular flexibility index (Phi) is 5.97. The molecule has 7 nitrogen and oxygen atoms in total. The maximum absolute atomic E-state index is 14.2. The molecule has 0 aliphatic rings. The number of rotatable bonds is 6. The molecule has 190 valence electrons. The van der Waals surface area contributed by atoms with Crippen LogP contribution in [0.25, 0.3) is 22.6 Å². The van der Waals surface area contributed by atoms with Gasteiger partial charge < -0.3 is 19.6 Å². The Balaban J connectivity index is 1.39. The Morgan fingerprint density at radius 2 is 1.78 bits per heavy atom. The molecule has 0 saturated carbocycles. The van der Waals surface area contributed by atoms with Crippen LogP contribution < -0.4 is 10.1 Å². The number of aryl methyl sites for hydroxylation is 1. The lowest BCUT2D eigenvalue weighted by atomic mass is 10.2. The topological polar surface area (TPSA) is 80.7 Å². The van der Waals surface area contributed by atoms with Crippen molar-refractivity contribution in [2.24, 2.45) is 7.05 Å². The summed E-state index contributed by atoms with van der Waals surface area (Å²) in [4.78, 5) is 14.3. The van der Waals surface area contributed by atoms with Crippen LogP contribution in [0.2, 0.25) is 0 Å². The van der Waals surface area contributed by atoms with Crippen LogP contribution in [0.5, 0.6) is 11.5 Å². The van der Waals surface area contributed by atoms with E-state index in [0.717, 1.165) is 18.2 Å². The van der Waals surface area contributed by atoms with Crippen molar-refractivity contribution in [3.05, 3.63) is 78.0 Å². The molecule has 0 saturated heterocycles. The zero-order valence-electron chi connectivity index (χ0n) is 18.8. The molecule has 3 aromatic heterocycles. The average molecular weight is 518 g/mol. The van der Waals surface area contributed by atoms with E-state index in [1.54, 1.807) is 29.8 Å². The molecule has 13 heteroatoms. The summed E-state index contributed by atoms with van der Waals surface area (Å²) >= 11 is 0. The smallest absolute Gasteiger partial charge is 0.432 e. The van der Waals surface area contributed by atoms with E-state index in [-0.39, 0.29) is 34.5 Å². The summed E-state index contributed by atoms with van der Waals surface area (Å²) in [5, 5.41) is 2.74. The predicted molar refractivity (Wildman–Crippen MR) is 122 cm³/mol. The number of imidazole rings is 2. The van der Waals surface area contributed by atoms with Crippen LogP contribution in [0.3, 0.4) is 0 Å². The third-order valence-electron chi connectivity index (χ3n) is 5.43. The van der Waals surface area contributed by atoms with Crippen LogP contribution in [-0.2, 0) is 13.2 Å². The first kappa shape index (κ1) is 24.2. The second kappa shape index (κ2) is 9.15. The minimum atomic E-state index is -4.57. The van der Waals surface area contributed by atoms with Gasteiger partial charge in [0.25, 0.3) is 6.43 Å². The second-order valence-electron chi connectivity index (χ2n) is 7.93. The molecule has 5 rings (SSSR count). The average Bonchev–Trinajstić information content (AvgIpc) is 3.46. The fraction of sp³-hybridized carbons (Fsp3) is 0.125. The van der Waals surface area contributed by atoms with E-state index in [2.05, 4.69) is 25.3 Å². The van der Waals surface area contributed by atoms with E-state index < -0.39 is 24.1 Å². The number of pyridine rings is 1. The summed E-state index contributed by atoms with van der Waals surface area (Å²) < 4.78 is 86.3. The maximum Gasteiger partial charge on any atom is 0.432 e. The van der Waals surface area contributed by atoms with E-state index in [1.165, 1.54) is 18.3 Å². The van der Waals surface area contributed by atoms with Gasteiger partial charge in [-0.15, -0.1) is 0 Å². The van der Waals surface area contributed by atoms with Crippen molar-refractivity contribution in [3.8, 4) is 23.0 Å². The van der Waals surface area contributed by atoms with Gasteiger partial charge in [-0.2, -0.15) is 13.2 Å². The summed E-state index contributed by atoms with van der Waals surface area (Å²) in [6.07, 6.45) is -5.28. The van der Waals surface area contributed by atoms with Gasteiger partial charge in [-0.05, 0) is 30.3 Å². The largest absolute Gasteiger partial charge is 0.457 e. The summed E-state index contributed by atoms with van der Waals surface area (Å²) in [6, 6.07) is 10.9. The van der Waals surface area contributed by atoms with E-state index in [9.17, 15) is 26.3 Å². The lowest BCUT2D eigenvalue weighted by Crippen LogP contribution is -2.04. The third-order valence-corrected chi connectivity index (χ3v) is 5.43. The van der Waals surface area contributed by atoms with E-state index in [4.69, 9.17) is 4.74 Å². The van der Waals surface area contributed by atoms with Crippen LogP contribution >= 0.6 is 0 Å². The van der Waals surface area contributed by atoms with Gasteiger partial charge in [0.2, 0.25) is 5.95 Å². The molecule has 2 aromatic carbocycles. The van der Waals surface area contributed by atoms with Crippen molar-refractivity contribution in [2.45, 2.75) is 12.6 Å². The summed E-state index contributed by atoms with van der Waals surface area (Å²) in [7, 11) is 1.67. The molecule has 5 aromatic rings. The molecule has 0 aliphatic carbocycles. The van der Waals surface area contributed by atoms with Gasteiger partial charge in [-0.25, -0.2) is 23.1 Å². The molecular formula is C24H16F6N6O. The Morgan fingerprint density at radius 1 is 1.00 bits per heavy atom. The highest BCUT2D eigenvalue weighted by molar-refractivity contribution is 5.81. The normalized spacial score (nSPS) is 11.9. The lowest BCUT2D eigenvalue weighted by molar-refractivity contribution is -0.140. The minimum absolute atomic E-state index is 0.0724. The highest BCUT2D eigenvalue weighted by Crippen LogP contribution is 2.32. The Bertz CT molecular complexity index is 1590. The van der Waals surface area contributed by atoms with Crippen molar-refractivity contribution in [3.63, 3.8) is 0 Å². The third kappa shape index (κ3) is 4.92. The number of nitrogens with one attached hydrogen (secondary N) is 2. The van der Waals surface area contributed by atoms with Crippen LogP contribution in [-0.4, -0.2) is 24.5 Å². The van der Waals surface area contributed by atoms with Gasteiger partial charge in [-0.1, -0.05) is 6.07 Å². The first-order chi connectivity index (χ1) is 17.6. The Morgan fingerprint density at radius 3 is 2.51 bits per heavy atom. The number of halogens is 6. The van der Waals surface area contributed by atoms with Crippen LogP contribution in [0.1, 0.15) is 17.7 Å². The number of alkyl halides is 5. The number of H-pyrrole nitrogens is 1. The Labute approximate surface area is 204 Å². The molecule has 0 atom stereocenters. The molecule has 0 fully saturated rings. The van der Waals surface area contributed by atoms with E-state index in [0.29, 0.717) is 23.0 Å². The van der Waals surface area contributed by atoms with Gasteiger partial charge in [0.15, 0.2) is 5.82 Å². The van der Waals surface area contributed by atoms with Gasteiger partial charge in [0, 0.05) is 30.9 Å². The summed E-state index contributed by atoms with van der Waals surface area (Å²) in [5.41, 5.74) is -0.232. The molecule has 0 unspecified atom stereocenters. The first-order valence-corrected chi connectivity index (χ1v) is 10.7. The fourth-order valence-electron chi connectivity index (χ4n) is 3.59. The predicted octanol–water partition coefficient (Wildman–Crippen LogP) is 6.99. The highest BCUT2D eigenvalue weighted by Gasteiger charge is 2.33. The molecular weight excluding hydrogens is 502 g/mol. The number of nitrogens with zero attached hydrogens (tertiary/aromatic N) is 4. The number of hydrogen-bond donors (Lipinski definition) is 2. The van der Waals surface area contributed by atoms with Crippen LogP contribution in [0, 0.1) is 5.82 Å². The second-order valence-corrected chi connectivity index (χ2v) is 7.93. The van der Waals surface area contributed by atoms with Gasteiger partial charge >= 0.3 is 6.18 Å². The number of benzene rings is 2. The molecule has 0 aliphatic heterocycles. The van der Waals surface area contributed by atoms with Crippen molar-refractivity contribution >= 4 is 22.7 Å². The van der Waals surface area contributed by atoms with Crippen molar-refractivity contribution in [1.82, 2.24) is 24.5 Å². The summed E-state index contributed by atoms with van der Waals surface area (Å²) in [6.45, 7) is 0. The number of ether oxygens (including phenoxy) is 1. The first-order valence-electron chi connectivity index (χ1n) is 10.7. The molecule has 3 heterocycles. The van der Waals surface area contributed by atoms with Crippen molar-refractivity contribution in [1.29, 1.82) is 0 Å². The highest BCUT2D eigenvalue weighted by atomic mass is 19.4. The molecule has 0 radical (unpaired) electrons. The molecule has 37 heavy (non-hydrogen) atoms. The van der Waals surface area contributed by atoms with Gasteiger partial charge in [-0.3, -0.25) is 4.98 Å². The number of anilines is 2. The molecule has 0 amide bonds. The van der Waals surface area contributed by atoms with Gasteiger partial charge in [0.1, 0.15) is 28.7 Å². The molecule has 0 spiro atoms. The van der Waals surface area contributed by atoms with E-state index in [1.807, 2.05) is 0 Å². The molecule has 0 bridgehead atoms. The number of fused-ring (bicyclic) bond motifs is 1. The minimum Gasteiger partial charge on any atom is -0.457 e. The molecule has 2 N–H and O–H groups in total. The monoisotopic (exact) mass is 518 g/mol. The standard InChI is InChI=1S/C24H16F6N6O/c1-36-19-5-3-13(9-17(19)34-23(36)33-16-8-12(21(26)27)2-4-15(16)25)37-14-6-7-31-18(10-14)22-32-11-20(35-22)24(28,29)30/h2-11,21H,1H3,(H,32,35)(H,33,34). The Hall–Kier alpha value is -4.55. The van der Waals surface area contributed by atoms with Gasteiger partial charge in [0.05, 0.1) is 22.9 Å². The number of aromatic amines is 1. The zero-order chi connectivity index (χ0) is 26.3.